The van der Waals surface area contributed by atoms with Gasteiger partial charge in [0, 0.05) is 43.9 Å². The Kier molecular flexibility index (Phi) is 13.9. The molecule has 15 nitrogen and oxygen atoms in total. The summed E-state index contributed by atoms with van der Waals surface area (Å²) in [5.74, 6) is 0.106. The largest absolute Gasteiger partial charge is 0.497 e. The molecule has 0 spiro atoms. The van der Waals surface area contributed by atoms with Crippen molar-refractivity contribution in [2.45, 2.75) is 85.0 Å². The van der Waals surface area contributed by atoms with Gasteiger partial charge in [-0.2, -0.15) is 0 Å². The number of nitrogens with zero attached hydrogens (tertiary/aromatic N) is 5. The number of methoxy groups -OCH3 is 4. The highest BCUT2D eigenvalue weighted by atomic mass is 19.1. The molecule has 16 heteroatoms. The van der Waals surface area contributed by atoms with Crippen molar-refractivity contribution in [1.29, 1.82) is 0 Å². The number of anilines is 1. The topological polar surface area (TPSA) is 156 Å². The fraction of sp³-hybridized carbons (Fsp3) is 0.500. The highest BCUT2D eigenvalue weighted by Gasteiger charge is 2.37. The molecule has 58 heavy (non-hydrogen) atoms. The van der Waals surface area contributed by atoms with Crippen molar-refractivity contribution in [2.24, 2.45) is 0 Å². The number of carbonyl (C=O) groups is 3. The van der Waals surface area contributed by atoms with Crippen molar-refractivity contribution in [3.63, 3.8) is 0 Å². The third kappa shape index (κ3) is 9.48. The number of ether oxygens (including phenoxy) is 5. The van der Waals surface area contributed by atoms with Crippen LogP contribution in [0.4, 0.5) is 15.0 Å². The lowest BCUT2D eigenvalue weighted by Crippen LogP contribution is -2.42. The molecule has 314 valence electrons. The number of amides is 2. The van der Waals surface area contributed by atoms with Gasteiger partial charge < -0.3 is 43.4 Å². The number of esters is 1. The van der Waals surface area contributed by atoms with Gasteiger partial charge in [-0.15, -0.1) is 5.10 Å². The normalized spacial score (nSPS) is 13.9. The third-order valence-corrected chi connectivity index (χ3v) is 10.0. The molecular weight excluding hydrogens is 751 g/mol. The van der Waals surface area contributed by atoms with Gasteiger partial charge in [0.15, 0.2) is 17.3 Å². The molecule has 0 radical (unpaired) electrons. The van der Waals surface area contributed by atoms with Crippen LogP contribution in [0.5, 0.6) is 17.2 Å². The lowest BCUT2D eigenvalue weighted by atomic mass is 10.1. The third-order valence-electron chi connectivity index (χ3n) is 10.0. The molecule has 0 bridgehead atoms. The number of carbonyl (C=O) groups excluding carboxylic acids is 3. The molecule has 1 aliphatic rings. The number of rotatable bonds is 17. The SMILES string of the molecule is CCN1CC(C)n2c(c(OC)c3c(=O)n(Cc4ccc(F)cc4C(=O)OC)nc(NCCCCCCN(Cc4ccc(OC)cc4OC)C(=O)OC(C)(C)C)c32)C1=O. The van der Waals surface area contributed by atoms with Crippen molar-refractivity contribution >= 4 is 34.7 Å². The number of nitrogens with one attached hydrogen (secondary N) is 1. The molecule has 2 aromatic heterocycles. The van der Waals surface area contributed by atoms with E-state index in [0.29, 0.717) is 74.0 Å². The van der Waals surface area contributed by atoms with Crippen LogP contribution in [0.2, 0.25) is 0 Å². The molecule has 1 aliphatic heterocycles. The summed E-state index contributed by atoms with van der Waals surface area (Å²) in [7, 11) is 5.77. The molecule has 1 unspecified atom stereocenters. The smallest absolute Gasteiger partial charge is 0.410 e. The fourth-order valence-corrected chi connectivity index (χ4v) is 7.20. The standard InChI is InChI=1S/C42H55FN6O9/c1-10-46-23-26(2)49-34-33(36(56-8)35(49)39(46)51)38(50)48(25-27-15-17-29(43)21-31(27)40(52)57-9)45-37(34)44-19-13-11-12-14-20-47(41(53)58-42(3,4)5)24-28-16-18-30(54-6)22-32(28)55-7/h15-18,21-22,26H,10-14,19-20,23-25H2,1-9H3,(H,44,45). The zero-order chi connectivity index (χ0) is 42.3. The zero-order valence-electron chi connectivity index (χ0n) is 34.9. The minimum atomic E-state index is -0.757. The molecular formula is C42H55FN6O9. The number of hydrogen-bond acceptors (Lipinski definition) is 11. The van der Waals surface area contributed by atoms with Gasteiger partial charge in [-0.1, -0.05) is 18.9 Å². The van der Waals surface area contributed by atoms with Crippen LogP contribution in [-0.4, -0.2) is 102 Å². The van der Waals surface area contributed by atoms with E-state index in [1.54, 1.807) is 30.1 Å². The molecule has 5 rings (SSSR count). The Morgan fingerprint density at radius 2 is 1.69 bits per heavy atom. The summed E-state index contributed by atoms with van der Waals surface area (Å²) in [5, 5.41) is 8.32. The number of benzene rings is 2. The summed E-state index contributed by atoms with van der Waals surface area (Å²) in [6.45, 7) is 11.3. The number of aromatic nitrogens is 3. The summed E-state index contributed by atoms with van der Waals surface area (Å²) in [4.78, 5) is 57.3. The van der Waals surface area contributed by atoms with Crippen LogP contribution >= 0.6 is 0 Å². The Morgan fingerprint density at radius 1 is 0.966 bits per heavy atom. The average molecular weight is 807 g/mol. The van der Waals surface area contributed by atoms with Gasteiger partial charge in [-0.25, -0.2) is 18.7 Å². The Balaban J connectivity index is 1.38. The maximum atomic E-state index is 14.3. The maximum Gasteiger partial charge on any atom is 0.410 e. The molecule has 0 fully saturated rings. The van der Waals surface area contributed by atoms with Crippen LogP contribution in [0, 0.1) is 5.82 Å². The van der Waals surface area contributed by atoms with E-state index in [-0.39, 0.29) is 40.9 Å². The second-order valence-corrected chi connectivity index (χ2v) is 15.2. The van der Waals surface area contributed by atoms with Gasteiger partial charge in [0.2, 0.25) is 0 Å². The van der Waals surface area contributed by atoms with Crippen LogP contribution in [0.3, 0.4) is 0 Å². The van der Waals surface area contributed by atoms with Gasteiger partial charge in [0.1, 0.15) is 33.8 Å². The predicted molar refractivity (Wildman–Crippen MR) is 217 cm³/mol. The van der Waals surface area contributed by atoms with E-state index < -0.39 is 29.0 Å². The number of hydrogen-bond donors (Lipinski definition) is 1. The molecule has 0 saturated carbocycles. The Morgan fingerprint density at radius 3 is 2.34 bits per heavy atom. The molecule has 2 amide bonds. The van der Waals surface area contributed by atoms with Gasteiger partial charge in [-0.3, -0.25) is 9.59 Å². The highest BCUT2D eigenvalue weighted by Crippen LogP contribution is 2.40. The van der Waals surface area contributed by atoms with Gasteiger partial charge >= 0.3 is 12.1 Å². The summed E-state index contributed by atoms with van der Waals surface area (Å²) >= 11 is 0. The van der Waals surface area contributed by atoms with E-state index in [2.05, 4.69) is 5.32 Å². The van der Waals surface area contributed by atoms with E-state index in [4.69, 9.17) is 28.8 Å². The van der Waals surface area contributed by atoms with E-state index in [9.17, 15) is 23.6 Å². The molecule has 0 aliphatic carbocycles. The van der Waals surface area contributed by atoms with E-state index in [0.717, 1.165) is 24.5 Å². The Hall–Kier alpha value is -5.80. The maximum absolute atomic E-state index is 14.3. The first-order valence-corrected chi connectivity index (χ1v) is 19.5. The van der Waals surface area contributed by atoms with Crippen LogP contribution < -0.4 is 25.1 Å². The second-order valence-electron chi connectivity index (χ2n) is 15.2. The summed E-state index contributed by atoms with van der Waals surface area (Å²) in [6.07, 6.45) is 2.61. The first-order valence-electron chi connectivity index (χ1n) is 19.5. The first-order chi connectivity index (χ1) is 27.7. The zero-order valence-corrected chi connectivity index (χ0v) is 34.9. The van der Waals surface area contributed by atoms with E-state index >= 15 is 0 Å². The van der Waals surface area contributed by atoms with Crippen LogP contribution in [0.15, 0.2) is 41.2 Å². The van der Waals surface area contributed by atoms with Crippen LogP contribution in [-0.2, 0) is 22.6 Å². The minimum absolute atomic E-state index is 0.0373. The molecule has 2 aromatic carbocycles. The van der Waals surface area contributed by atoms with Gasteiger partial charge in [0.25, 0.3) is 11.5 Å². The highest BCUT2D eigenvalue weighted by molar-refractivity contribution is 6.07. The summed E-state index contributed by atoms with van der Waals surface area (Å²) in [5.41, 5.74) is 0.606. The predicted octanol–water partition coefficient (Wildman–Crippen LogP) is 6.64. The summed E-state index contributed by atoms with van der Waals surface area (Å²) < 4.78 is 44.6. The number of likely N-dealkylation sites (N-methyl/N-ethyl adjacent to an activating group) is 1. The van der Waals surface area contributed by atoms with Crippen molar-refractivity contribution in [1.82, 2.24) is 24.1 Å². The lowest BCUT2D eigenvalue weighted by molar-refractivity contribution is 0.0228. The quantitative estimate of drug-likeness (QED) is 0.0902. The molecule has 4 aromatic rings. The lowest BCUT2D eigenvalue weighted by Gasteiger charge is -2.32. The molecule has 0 saturated heterocycles. The molecule has 3 heterocycles. The number of fused-ring (bicyclic) bond motifs is 3. The Labute approximate surface area is 337 Å². The number of unbranched alkanes of at least 4 members (excludes halogenated alkanes) is 3. The minimum Gasteiger partial charge on any atom is -0.497 e. The molecule has 1 N–H and O–H groups in total. The molecule has 1 atom stereocenters. The van der Waals surface area contributed by atoms with Crippen LogP contribution in [0.1, 0.15) is 98.3 Å². The van der Waals surface area contributed by atoms with Gasteiger partial charge in [0.05, 0.1) is 47.1 Å². The van der Waals surface area contributed by atoms with Crippen molar-refractivity contribution in [2.75, 3.05) is 59.9 Å². The van der Waals surface area contributed by atoms with Crippen molar-refractivity contribution < 1.29 is 42.5 Å². The van der Waals surface area contributed by atoms with Crippen molar-refractivity contribution in [3.8, 4) is 17.2 Å². The van der Waals surface area contributed by atoms with Crippen molar-refractivity contribution in [3.05, 3.63) is 75.0 Å². The number of halogens is 1. The van der Waals surface area contributed by atoms with E-state index in [1.165, 1.54) is 31.0 Å². The van der Waals surface area contributed by atoms with E-state index in [1.807, 2.05) is 51.3 Å². The average Bonchev–Trinajstić information content (AvgIpc) is 3.56. The second kappa shape index (κ2) is 18.6. The first kappa shape index (κ1) is 43.3. The van der Waals surface area contributed by atoms with Crippen LogP contribution in [0.25, 0.3) is 10.9 Å². The fourth-order valence-electron chi connectivity index (χ4n) is 7.20. The monoisotopic (exact) mass is 806 g/mol. The summed E-state index contributed by atoms with van der Waals surface area (Å²) in [6, 6.07) is 8.95. The Bertz CT molecular complexity index is 2190. The van der Waals surface area contributed by atoms with Gasteiger partial charge in [-0.05, 0) is 77.3 Å².